The number of nitrogens with one attached hydrogen (secondary N) is 1. The molecule has 2 nitrogen and oxygen atoms in total. The summed E-state index contributed by atoms with van der Waals surface area (Å²) in [5, 5.41) is 3.63. The third-order valence-electron chi connectivity index (χ3n) is 5.53. The Labute approximate surface area is 138 Å². The molecule has 1 N–H and O–H groups in total. The Morgan fingerprint density at radius 2 is 1.83 bits per heavy atom. The average Bonchev–Trinajstić information content (AvgIpc) is 2.97. The molecule has 118 valence electrons. The second-order valence-corrected chi connectivity index (χ2v) is 6.87. The van der Waals surface area contributed by atoms with Crippen LogP contribution in [0.25, 0.3) is 6.08 Å². The molecule has 0 radical (unpaired) electrons. The summed E-state index contributed by atoms with van der Waals surface area (Å²) in [7, 11) is 0. The first-order chi connectivity index (χ1) is 11.3. The molecule has 2 aromatic carbocycles. The molecule has 2 heteroatoms. The number of likely N-dealkylation sites (tertiary alicyclic amines) is 1. The first-order valence-electron chi connectivity index (χ1n) is 8.57. The van der Waals surface area contributed by atoms with Crippen LogP contribution in [0, 0.1) is 0 Å². The Morgan fingerprint density at radius 3 is 2.57 bits per heavy atom. The van der Waals surface area contributed by atoms with Gasteiger partial charge in [0.15, 0.2) is 0 Å². The molecule has 0 atom stereocenters. The van der Waals surface area contributed by atoms with Gasteiger partial charge in [-0.25, -0.2) is 0 Å². The summed E-state index contributed by atoms with van der Waals surface area (Å²) in [5.41, 5.74) is 5.85. The highest BCUT2D eigenvalue weighted by molar-refractivity contribution is 5.70. The normalized spacial score (nSPS) is 19.3. The van der Waals surface area contributed by atoms with Crippen LogP contribution in [0.4, 0.5) is 5.69 Å². The van der Waals surface area contributed by atoms with Crippen LogP contribution in [0.5, 0.6) is 0 Å². The smallest absolute Gasteiger partial charge is 0.0385 e. The van der Waals surface area contributed by atoms with Crippen molar-refractivity contribution in [3.05, 3.63) is 71.8 Å². The second-order valence-electron chi connectivity index (χ2n) is 6.87. The SMILES string of the molecule is C=Cc1cccc2c1C1(CCN(Cc3ccccc3)CC1)CN2. The van der Waals surface area contributed by atoms with E-state index in [0.29, 0.717) is 5.41 Å². The van der Waals surface area contributed by atoms with E-state index < -0.39 is 0 Å². The lowest BCUT2D eigenvalue weighted by Gasteiger charge is -2.40. The standard InChI is InChI=1S/C21H24N2/c1-2-18-9-6-10-19-20(18)21(16-22-19)11-13-23(14-12-21)15-17-7-4-3-5-8-17/h2-10,22H,1,11-16H2. The predicted octanol–water partition coefficient (Wildman–Crippen LogP) is 4.29. The molecular weight excluding hydrogens is 280 g/mol. The third-order valence-corrected chi connectivity index (χ3v) is 5.53. The number of benzene rings is 2. The largest absolute Gasteiger partial charge is 0.384 e. The van der Waals surface area contributed by atoms with E-state index in [1.165, 1.54) is 48.3 Å². The number of fused-ring (bicyclic) bond motifs is 2. The van der Waals surface area contributed by atoms with Crippen LogP contribution in [0.2, 0.25) is 0 Å². The van der Waals surface area contributed by atoms with E-state index in [1.54, 1.807) is 0 Å². The molecule has 0 unspecified atom stereocenters. The molecule has 2 heterocycles. The van der Waals surface area contributed by atoms with Gasteiger partial charge in [-0.1, -0.05) is 55.1 Å². The Hall–Kier alpha value is -2.06. The average molecular weight is 304 g/mol. The van der Waals surface area contributed by atoms with Gasteiger partial charge in [-0.05, 0) is 48.7 Å². The van der Waals surface area contributed by atoms with Gasteiger partial charge in [-0.3, -0.25) is 4.90 Å². The Morgan fingerprint density at radius 1 is 1.04 bits per heavy atom. The van der Waals surface area contributed by atoms with E-state index in [-0.39, 0.29) is 0 Å². The number of piperidine rings is 1. The quantitative estimate of drug-likeness (QED) is 0.910. The Bertz CT molecular complexity index is 697. The zero-order valence-electron chi connectivity index (χ0n) is 13.6. The van der Waals surface area contributed by atoms with Crippen molar-refractivity contribution in [1.82, 2.24) is 4.90 Å². The second kappa shape index (κ2) is 5.86. The summed E-state index contributed by atoms with van der Waals surface area (Å²) in [6, 6.07) is 17.4. The number of rotatable bonds is 3. The lowest BCUT2D eigenvalue weighted by molar-refractivity contribution is 0.162. The number of hydrogen-bond acceptors (Lipinski definition) is 2. The monoisotopic (exact) mass is 304 g/mol. The van der Waals surface area contributed by atoms with Crippen LogP contribution >= 0.6 is 0 Å². The van der Waals surface area contributed by atoms with Crippen LogP contribution in [0.15, 0.2) is 55.1 Å². The fourth-order valence-corrected chi connectivity index (χ4v) is 4.24. The molecule has 1 fully saturated rings. The molecule has 1 spiro atoms. The molecule has 0 amide bonds. The molecule has 2 aromatic rings. The van der Waals surface area contributed by atoms with Gasteiger partial charge in [0.05, 0.1) is 0 Å². The van der Waals surface area contributed by atoms with Crippen LogP contribution < -0.4 is 5.32 Å². The fraction of sp³-hybridized carbons (Fsp3) is 0.333. The summed E-state index contributed by atoms with van der Waals surface area (Å²) < 4.78 is 0. The fourth-order valence-electron chi connectivity index (χ4n) is 4.24. The third kappa shape index (κ3) is 2.57. The number of anilines is 1. The maximum absolute atomic E-state index is 4.02. The highest BCUT2D eigenvalue weighted by Crippen LogP contribution is 2.46. The minimum absolute atomic E-state index is 0.299. The Balaban J connectivity index is 1.52. The molecule has 2 aliphatic rings. The molecular formula is C21H24N2. The van der Waals surface area contributed by atoms with Crippen molar-refractivity contribution in [3.8, 4) is 0 Å². The van der Waals surface area contributed by atoms with Gasteiger partial charge in [0.2, 0.25) is 0 Å². The minimum atomic E-state index is 0.299. The number of hydrogen-bond donors (Lipinski definition) is 1. The first kappa shape index (κ1) is 14.5. The molecule has 1 saturated heterocycles. The van der Waals surface area contributed by atoms with Gasteiger partial charge in [0.1, 0.15) is 0 Å². The van der Waals surface area contributed by atoms with Crippen LogP contribution in [0.3, 0.4) is 0 Å². The minimum Gasteiger partial charge on any atom is -0.384 e. The maximum atomic E-state index is 4.02. The van der Waals surface area contributed by atoms with Gasteiger partial charge in [-0.15, -0.1) is 0 Å². The van der Waals surface area contributed by atoms with Gasteiger partial charge in [0, 0.05) is 24.2 Å². The van der Waals surface area contributed by atoms with Crippen LogP contribution in [-0.4, -0.2) is 24.5 Å². The van der Waals surface area contributed by atoms with Crippen molar-refractivity contribution in [1.29, 1.82) is 0 Å². The van der Waals surface area contributed by atoms with Crippen molar-refractivity contribution in [2.24, 2.45) is 0 Å². The summed E-state index contributed by atoms with van der Waals surface area (Å²) in [6.07, 6.45) is 4.47. The van der Waals surface area contributed by atoms with Crippen molar-refractivity contribution >= 4 is 11.8 Å². The highest BCUT2D eigenvalue weighted by atomic mass is 15.1. The van der Waals surface area contributed by atoms with Gasteiger partial charge in [0.25, 0.3) is 0 Å². The van der Waals surface area contributed by atoms with Crippen LogP contribution in [-0.2, 0) is 12.0 Å². The van der Waals surface area contributed by atoms with Gasteiger partial charge >= 0.3 is 0 Å². The van der Waals surface area contributed by atoms with Crippen LogP contribution in [0.1, 0.15) is 29.5 Å². The molecule has 23 heavy (non-hydrogen) atoms. The molecule has 0 saturated carbocycles. The lowest BCUT2D eigenvalue weighted by atomic mass is 9.72. The maximum Gasteiger partial charge on any atom is 0.0385 e. The molecule has 0 aliphatic carbocycles. The van der Waals surface area contributed by atoms with Crippen molar-refractivity contribution in [3.63, 3.8) is 0 Å². The van der Waals surface area contributed by atoms with E-state index in [9.17, 15) is 0 Å². The summed E-state index contributed by atoms with van der Waals surface area (Å²) in [5.74, 6) is 0. The molecule has 0 bridgehead atoms. The van der Waals surface area contributed by atoms with Gasteiger partial charge in [-0.2, -0.15) is 0 Å². The Kier molecular flexibility index (Phi) is 3.70. The highest BCUT2D eigenvalue weighted by Gasteiger charge is 2.42. The van der Waals surface area contributed by atoms with Gasteiger partial charge < -0.3 is 5.32 Å². The van der Waals surface area contributed by atoms with E-state index in [2.05, 4.69) is 65.3 Å². The van der Waals surface area contributed by atoms with Crippen molar-refractivity contribution in [2.75, 3.05) is 25.0 Å². The lowest BCUT2D eigenvalue weighted by Crippen LogP contribution is -2.43. The summed E-state index contributed by atoms with van der Waals surface area (Å²) in [6.45, 7) is 8.50. The molecule has 0 aromatic heterocycles. The van der Waals surface area contributed by atoms with Crippen molar-refractivity contribution < 1.29 is 0 Å². The van der Waals surface area contributed by atoms with Crippen molar-refractivity contribution in [2.45, 2.75) is 24.8 Å². The van der Waals surface area contributed by atoms with E-state index in [1.807, 2.05) is 6.08 Å². The van der Waals surface area contributed by atoms with E-state index in [4.69, 9.17) is 0 Å². The van der Waals surface area contributed by atoms with E-state index >= 15 is 0 Å². The predicted molar refractivity (Wildman–Crippen MR) is 97.7 cm³/mol. The van der Waals surface area contributed by atoms with E-state index in [0.717, 1.165) is 13.1 Å². The molecule has 4 rings (SSSR count). The summed E-state index contributed by atoms with van der Waals surface area (Å²) in [4.78, 5) is 2.59. The zero-order valence-corrected chi connectivity index (χ0v) is 13.6. The zero-order chi connectivity index (χ0) is 15.7. The first-order valence-corrected chi connectivity index (χ1v) is 8.57. The number of nitrogens with zero attached hydrogens (tertiary/aromatic N) is 1. The summed E-state index contributed by atoms with van der Waals surface area (Å²) >= 11 is 0. The molecule has 2 aliphatic heterocycles. The topological polar surface area (TPSA) is 15.3 Å².